The normalized spacial score (nSPS) is 17.6. The van der Waals surface area contributed by atoms with Crippen LogP contribution < -0.4 is 5.73 Å². The maximum absolute atomic E-state index is 5.67. The molecule has 0 aromatic heterocycles. The molecule has 1 heterocycles. The van der Waals surface area contributed by atoms with E-state index in [0.29, 0.717) is 4.99 Å². The minimum absolute atomic E-state index is 0.485. The Balaban J connectivity index is 1.98. The minimum atomic E-state index is 0.485. The van der Waals surface area contributed by atoms with Crippen LogP contribution in [0.1, 0.15) is 42.9 Å². The lowest BCUT2D eigenvalue weighted by Crippen LogP contribution is -2.33. The lowest BCUT2D eigenvalue weighted by molar-refractivity contribution is 0.175. The predicted octanol–water partition coefficient (Wildman–Crippen LogP) is 3.25. The molecule has 2 rings (SSSR count). The second kappa shape index (κ2) is 6.49. The summed E-state index contributed by atoms with van der Waals surface area (Å²) >= 11 is 5.02. The zero-order valence-corrected chi connectivity index (χ0v) is 12.8. The Kier molecular flexibility index (Phi) is 4.94. The van der Waals surface area contributed by atoms with E-state index < -0.39 is 0 Å². The van der Waals surface area contributed by atoms with Gasteiger partial charge in [0.1, 0.15) is 4.99 Å². The van der Waals surface area contributed by atoms with Crippen molar-refractivity contribution in [3.63, 3.8) is 0 Å². The van der Waals surface area contributed by atoms with Crippen LogP contribution in [-0.4, -0.2) is 23.0 Å². The maximum atomic E-state index is 5.67. The van der Waals surface area contributed by atoms with E-state index in [4.69, 9.17) is 18.0 Å². The minimum Gasteiger partial charge on any atom is -0.389 e. The highest BCUT2D eigenvalue weighted by molar-refractivity contribution is 7.80. The standard InChI is InChI=1S/C16H24N2S/c1-3-13-6-8-18(9-7-13)11-15-5-4-14(16(17)19)10-12(15)2/h4-5,10,13H,3,6-9,11H2,1-2H3,(H2,17,19). The third-order valence-corrected chi connectivity index (χ3v) is 4.54. The van der Waals surface area contributed by atoms with E-state index >= 15 is 0 Å². The van der Waals surface area contributed by atoms with Crippen molar-refractivity contribution in [1.82, 2.24) is 4.90 Å². The Hall–Kier alpha value is -0.930. The fraction of sp³-hybridized carbons (Fsp3) is 0.562. The molecule has 2 N–H and O–H groups in total. The molecular formula is C16H24N2S. The lowest BCUT2D eigenvalue weighted by Gasteiger charge is -2.31. The lowest BCUT2D eigenvalue weighted by atomic mass is 9.94. The highest BCUT2D eigenvalue weighted by atomic mass is 32.1. The van der Waals surface area contributed by atoms with Gasteiger partial charge < -0.3 is 5.73 Å². The van der Waals surface area contributed by atoms with Gasteiger partial charge >= 0.3 is 0 Å². The van der Waals surface area contributed by atoms with Crippen LogP contribution >= 0.6 is 12.2 Å². The molecule has 1 aromatic rings. The van der Waals surface area contributed by atoms with Crippen molar-refractivity contribution in [2.24, 2.45) is 11.7 Å². The van der Waals surface area contributed by atoms with E-state index in [2.05, 4.69) is 30.9 Å². The largest absolute Gasteiger partial charge is 0.389 e. The van der Waals surface area contributed by atoms with Gasteiger partial charge in [0.25, 0.3) is 0 Å². The Morgan fingerprint density at radius 2 is 2.05 bits per heavy atom. The number of piperidine rings is 1. The van der Waals surface area contributed by atoms with Gasteiger partial charge in [0.05, 0.1) is 0 Å². The first-order valence-corrected chi connectivity index (χ1v) is 7.62. The Labute approximate surface area is 122 Å². The number of nitrogens with two attached hydrogens (primary N) is 1. The van der Waals surface area contributed by atoms with E-state index in [1.165, 1.54) is 43.5 Å². The third-order valence-electron chi connectivity index (χ3n) is 4.31. The SMILES string of the molecule is CCC1CCN(Cc2ccc(C(N)=S)cc2C)CC1. The summed E-state index contributed by atoms with van der Waals surface area (Å²) in [6.45, 7) is 7.97. The van der Waals surface area contributed by atoms with Crippen LogP contribution in [-0.2, 0) is 6.54 Å². The highest BCUT2D eigenvalue weighted by Crippen LogP contribution is 2.22. The average Bonchev–Trinajstić information content (AvgIpc) is 2.41. The summed E-state index contributed by atoms with van der Waals surface area (Å²) < 4.78 is 0. The molecular weight excluding hydrogens is 252 g/mol. The second-order valence-electron chi connectivity index (χ2n) is 5.63. The summed E-state index contributed by atoms with van der Waals surface area (Å²) in [5.41, 5.74) is 9.33. The molecule has 19 heavy (non-hydrogen) atoms. The Morgan fingerprint density at radius 1 is 1.37 bits per heavy atom. The van der Waals surface area contributed by atoms with Gasteiger partial charge in [-0.2, -0.15) is 0 Å². The molecule has 0 bridgehead atoms. The van der Waals surface area contributed by atoms with Crippen molar-refractivity contribution in [2.45, 2.75) is 39.7 Å². The topological polar surface area (TPSA) is 29.3 Å². The molecule has 2 nitrogen and oxygen atoms in total. The molecule has 0 aliphatic carbocycles. The molecule has 3 heteroatoms. The van der Waals surface area contributed by atoms with Crippen LogP contribution in [0.3, 0.4) is 0 Å². The molecule has 1 aliphatic rings. The van der Waals surface area contributed by atoms with E-state index in [9.17, 15) is 0 Å². The van der Waals surface area contributed by atoms with E-state index in [1.54, 1.807) is 0 Å². The molecule has 1 aromatic carbocycles. The van der Waals surface area contributed by atoms with Gasteiger partial charge in [-0.15, -0.1) is 0 Å². The van der Waals surface area contributed by atoms with Gasteiger partial charge in [-0.25, -0.2) is 0 Å². The summed E-state index contributed by atoms with van der Waals surface area (Å²) in [5.74, 6) is 0.939. The molecule has 0 amide bonds. The van der Waals surface area contributed by atoms with Gasteiger partial charge in [0, 0.05) is 12.1 Å². The van der Waals surface area contributed by atoms with Crippen LogP contribution in [0, 0.1) is 12.8 Å². The monoisotopic (exact) mass is 276 g/mol. The van der Waals surface area contributed by atoms with Crippen molar-refractivity contribution < 1.29 is 0 Å². The quantitative estimate of drug-likeness (QED) is 0.856. The van der Waals surface area contributed by atoms with E-state index in [-0.39, 0.29) is 0 Å². The van der Waals surface area contributed by atoms with Gasteiger partial charge in [-0.05, 0) is 56.0 Å². The number of likely N-dealkylation sites (tertiary alicyclic amines) is 1. The molecule has 104 valence electrons. The molecule has 1 fully saturated rings. The smallest absolute Gasteiger partial charge is 0.103 e. The van der Waals surface area contributed by atoms with E-state index in [1.807, 2.05) is 6.07 Å². The summed E-state index contributed by atoms with van der Waals surface area (Å²) in [5, 5.41) is 0. The van der Waals surface area contributed by atoms with Gasteiger partial charge in [0.2, 0.25) is 0 Å². The number of benzene rings is 1. The first kappa shape index (κ1) is 14.5. The summed E-state index contributed by atoms with van der Waals surface area (Å²) in [4.78, 5) is 3.05. The molecule has 0 spiro atoms. The fourth-order valence-electron chi connectivity index (χ4n) is 2.82. The first-order valence-electron chi connectivity index (χ1n) is 7.21. The van der Waals surface area contributed by atoms with Crippen molar-refractivity contribution in [3.05, 3.63) is 34.9 Å². The molecule has 1 aliphatic heterocycles. The predicted molar refractivity (Wildman–Crippen MR) is 85.4 cm³/mol. The third kappa shape index (κ3) is 3.77. The number of hydrogen-bond acceptors (Lipinski definition) is 2. The van der Waals surface area contributed by atoms with Crippen LogP contribution in [0.2, 0.25) is 0 Å². The molecule has 1 saturated heterocycles. The van der Waals surface area contributed by atoms with Crippen LogP contribution in [0.15, 0.2) is 18.2 Å². The fourth-order valence-corrected chi connectivity index (χ4v) is 2.95. The van der Waals surface area contributed by atoms with Gasteiger partial charge in [-0.1, -0.05) is 37.7 Å². The molecule has 0 atom stereocenters. The molecule has 0 unspecified atom stereocenters. The number of nitrogens with zero attached hydrogens (tertiary/aromatic N) is 1. The van der Waals surface area contributed by atoms with Gasteiger partial charge in [0.15, 0.2) is 0 Å². The van der Waals surface area contributed by atoms with Crippen LogP contribution in [0.4, 0.5) is 0 Å². The van der Waals surface area contributed by atoms with Crippen molar-refractivity contribution >= 4 is 17.2 Å². The van der Waals surface area contributed by atoms with Crippen molar-refractivity contribution in [2.75, 3.05) is 13.1 Å². The van der Waals surface area contributed by atoms with Gasteiger partial charge in [-0.3, -0.25) is 4.90 Å². The number of thiocarbonyl (C=S) groups is 1. The number of rotatable bonds is 4. The van der Waals surface area contributed by atoms with E-state index in [0.717, 1.165) is 18.0 Å². The second-order valence-corrected chi connectivity index (χ2v) is 6.07. The number of hydrogen-bond donors (Lipinski definition) is 1. The zero-order valence-electron chi connectivity index (χ0n) is 12.0. The van der Waals surface area contributed by atoms with Crippen LogP contribution in [0.25, 0.3) is 0 Å². The summed E-state index contributed by atoms with van der Waals surface area (Å²) in [6.07, 6.45) is 4.02. The average molecular weight is 276 g/mol. The summed E-state index contributed by atoms with van der Waals surface area (Å²) in [7, 11) is 0. The summed E-state index contributed by atoms with van der Waals surface area (Å²) in [6, 6.07) is 6.33. The van der Waals surface area contributed by atoms with Crippen molar-refractivity contribution in [1.29, 1.82) is 0 Å². The maximum Gasteiger partial charge on any atom is 0.103 e. The Morgan fingerprint density at radius 3 is 2.58 bits per heavy atom. The number of aryl methyl sites for hydroxylation is 1. The molecule has 0 radical (unpaired) electrons. The zero-order chi connectivity index (χ0) is 13.8. The Bertz CT molecular complexity index is 448. The highest BCUT2D eigenvalue weighted by Gasteiger charge is 2.18. The molecule has 0 saturated carbocycles. The first-order chi connectivity index (χ1) is 9.10. The van der Waals surface area contributed by atoms with Crippen LogP contribution in [0.5, 0.6) is 0 Å². The van der Waals surface area contributed by atoms with Crippen molar-refractivity contribution in [3.8, 4) is 0 Å².